The first-order valence-electron chi connectivity index (χ1n) is 8.21. The zero-order valence-electron chi connectivity index (χ0n) is 14.6. The molecule has 0 spiro atoms. The van der Waals surface area contributed by atoms with Gasteiger partial charge in [0.2, 0.25) is 5.91 Å². The first-order valence-corrected chi connectivity index (χ1v) is 8.21. The predicted octanol–water partition coefficient (Wildman–Crippen LogP) is 3.29. The lowest BCUT2D eigenvalue weighted by atomic mass is 10.1. The van der Waals surface area contributed by atoms with Crippen molar-refractivity contribution in [2.24, 2.45) is 0 Å². The van der Waals surface area contributed by atoms with Gasteiger partial charge in [0.05, 0.1) is 13.5 Å². The minimum absolute atomic E-state index is 0.0658. The summed E-state index contributed by atoms with van der Waals surface area (Å²) < 4.78 is 20.5. The summed E-state index contributed by atoms with van der Waals surface area (Å²) in [5, 5.41) is 10.9. The minimum Gasteiger partial charge on any atom is -0.494 e. The summed E-state index contributed by atoms with van der Waals surface area (Å²) in [6.07, 6.45) is 1.73. The van der Waals surface area contributed by atoms with Gasteiger partial charge in [-0.2, -0.15) is 0 Å². The van der Waals surface area contributed by atoms with Crippen LogP contribution in [-0.2, 0) is 17.8 Å². The van der Waals surface area contributed by atoms with Gasteiger partial charge in [0.15, 0.2) is 17.4 Å². The molecule has 0 bridgehead atoms. The number of methoxy groups -OCH3 is 1. The van der Waals surface area contributed by atoms with Crippen molar-refractivity contribution in [2.75, 3.05) is 12.4 Å². The molecule has 134 valence electrons. The highest BCUT2D eigenvalue weighted by molar-refractivity contribution is 5.92. The highest BCUT2D eigenvalue weighted by Crippen LogP contribution is 2.21. The molecule has 0 aliphatic rings. The second kappa shape index (κ2) is 7.77. The van der Waals surface area contributed by atoms with E-state index in [0.29, 0.717) is 11.3 Å². The Balaban J connectivity index is 1.72. The van der Waals surface area contributed by atoms with Crippen molar-refractivity contribution in [3.8, 4) is 17.1 Å². The summed E-state index contributed by atoms with van der Waals surface area (Å²) in [7, 11) is 1.40. The van der Waals surface area contributed by atoms with Crippen molar-refractivity contribution >= 4 is 11.6 Å². The lowest BCUT2D eigenvalue weighted by Gasteiger charge is -2.09. The number of hydrogen-bond acceptors (Lipinski definition) is 4. The molecule has 26 heavy (non-hydrogen) atoms. The Hall–Kier alpha value is -3.22. The second-order valence-corrected chi connectivity index (χ2v) is 5.72. The molecule has 0 atom stereocenters. The van der Waals surface area contributed by atoms with Gasteiger partial charge in [-0.25, -0.2) is 4.39 Å². The fourth-order valence-corrected chi connectivity index (χ4v) is 2.66. The Kier molecular flexibility index (Phi) is 5.26. The fraction of sp³-hybridized carbons (Fsp3) is 0.211. The monoisotopic (exact) mass is 354 g/mol. The number of anilines is 1. The second-order valence-electron chi connectivity index (χ2n) is 5.72. The van der Waals surface area contributed by atoms with Crippen LogP contribution in [0.15, 0.2) is 48.8 Å². The number of ether oxygens (including phenoxy) is 1. The molecular weight excluding hydrogens is 335 g/mol. The van der Waals surface area contributed by atoms with E-state index in [1.807, 2.05) is 29.7 Å². The maximum atomic E-state index is 13.7. The maximum Gasteiger partial charge on any atom is 0.228 e. The molecule has 0 saturated carbocycles. The van der Waals surface area contributed by atoms with E-state index in [-0.39, 0.29) is 18.1 Å². The van der Waals surface area contributed by atoms with Crippen molar-refractivity contribution in [1.29, 1.82) is 0 Å². The van der Waals surface area contributed by atoms with Gasteiger partial charge in [-0.15, -0.1) is 10.2 Å². The van der Waals surface area contributed by atoms with Crippen LogP contribution in [0.1, 0.15) is 12.5 Å². The number of benzene rings is 2. The van der Waals surface area contributed by atoms with Crippen LogP contribution in [-0.4, -0.2) is 27.8 Å². The number of aromatic nitrogens is 3. The normalized spacial score (nSPS) is 10.6. The van der Waals surface area contributed by atoms with Crippen LogP contribution >= 0.6 is 0 Å². The van der Waals surface area contributed by atoms with Gasteiger partial charge < -0.3 is 14.6 Å². The van der Waals surface area contributed by atoms with Crippen LogP contribution in [0.3, 0.4) is 0 Å². The molecule has 3 rings (SSSR count). The van der Waals surface area contributed by atoms with Crippen LogP contribution in [0.4, 0.5) is 10.1 Å². The molecule has 0 unspecified atom stereocenters. The summed E-state index contributed by atoms with van der Waals surface area (Å²) in [6, 6.07) is 11.9. The summed E-state index contributed by atoms with van der Waals surface area (Å²) in [6.45, 7) is 2.76. The maximum absolute atomic E-state index is 13.7. The van der Waals surface area contributed by atoms with Crippen molar-refractivity contribution in [1.82, 2.24) is 14.8 Å². The van der Waals surface area contributed by atoms with Crippen molar-refractivity contribution in [3.63, 3.8) is 0 Å². The van der Waals surface area contributed by atoms with Crippen LogP contribution in [0.5, 0.6) is 5.75 Å². The molecule has 0 aliphatic heterocycles. The summed E-state index contributed by atoms with van der Waals surface area (Å²) in [5.74, 6) is 0.171. The third kappa shape index (κ3) is 3.88. The lowest BCUT2D eigenvalue weighted by molar-refractivity contribution is -0.115. The van der Waals surface area contributed by atoms with Gasteiger partial charge >= 0.3 is 0 Å². The van der Waals surface area contributed by atoms with Gasteiger partial charge in [0.25, 0.3) is 0 Å². The Morgan fingerprint density at radius 2 is 2.12 bits per heavy atom. The number of aryl methyl sites for hydroxylation is 1. The lowest BCUT2D eigenvalue weighted by Crippen LogP contribution is -2.14. The van der Waals surface area contributed by atoms with E-state index in [1.165, 1.54) is 19.2 Å². The van der Waals surface area contributed by atoms with Gasteiger partial charge in [-0.3, -0.25) is 4.79 Å². The third-order valence-corrected chi connectivity index (χ3v) is 3.94. The largest absolute Gasteiger partial charge is 0.494 e. The Labute approximate surface area is 150 Å². The van der Waals surface area contributed by atoms with Gasteiger partial charge in [0, 0.05) is 17.8 Å². The molecule has 0 radical (unpaired) electrons. The average molecular weight is 354 g/mol. The number of hydrogen-bond donors (Lipinski definition) is 1. The van der Waals surface area contributed by atoms with E-state index in [1.54, 1.807) is 18.5 Å². The summed E-state index contributed by atoms with van der Waals surface area (Å²) in [4.78, 5) is 12.3. The highest BCUT2D eigenvalue weighted by atomic mass is 19.1. The first-order chi connectivity index (χ1) is 12.6. The molecule has 2 aromatic carbocycles. The fourth-order valence-electron chi connectivity index (χ4n) is 2.66. The summed E-state index contributed by atoms with van der Waals surface area (Å²) >= 11 is 0. The molecule has 0 fully saturated rings. The molecule has 7 heteroatoms. The van der Waals surface area contributed by atoms with E-state index in [0.717, 1.165) is 17.9 Å². The number of nitrogens with one attached hydrogen (secondary N) is 1. The van der Waals surface area contributed by atoms with Crippen molar-refractivity contribution < 1.29 is 13.9 Å². The Bertz CT molecular complexity index is 923. The number of amides is 1. The molecule has 3 aromatic rings. The number of halogens is 1. The van der Waals surface area contributed by atoms with Crippen molar-refractivity contribution in [3.05, 3.63) is 60.2 Å². The number of carbonyl (C=O) groups excluding carboxylic acids is 1. The topological polar surface area (TPSA) is 69.0 Å². The van der Waals surface area contributed by atoms with E-state index in [9.17, 15) is 9.18 Å². The molecule has 6 nitrogen and oxygen atoms in total. The predicted molar refractivity (Wildman–Crippen MR) is 96.4 cm³/mol. The number of rotatable bonds is 6. The standard InChI is InChI=1S/C19H19FN4O2/c1-3-24-12-21-23-19(24)14-5-4-6-15(11-14)22-18(25)10-13-7-8-17(26-2)16(20)9-13/h4-9,11-12H,3,10H2,1-2H3,(H,22,25). The minimum atomic E-state index is -0.487. The average Bonchev–Trinajstić information content (AvgIpc) is 3.11. The number of nitrogens with zero attached hydrogens (tertiary/aromatic N) is 3. The quantitative estimate of drug-likeness (QED) is 0.737. The molecule has 1 heterocycles. The summed E-state index contributed by atoms with van der Waals surface area (Å²) in [5.41, 5.74) is 2.08. The van der Waals surface area contributed by atoms with Gasteiger partial charge in [0.1, 0.15) is 6.33 Å². The van der Waals surface area contributed by atoms with Crippen LogP contribution < -0.4 is 10.1 Å². The van der Waals surface area contributed by atoms with Crippen LogP contribution in [0, 0.1) is 5.82 Å². The molecule has 1 amide bonds. The van der Waals surface area contributed by atoms with E-state index in [2.05, 4.69) is 15.5 Å². The molecule has 0 saturated heterocycles. The molecule has 0 aliphatic carbocycles. The SMILES string of the molecule is CCn1cnnc1-c1cccc(NC(=O)Cc2ccc(OC)c(F)c2)c1. The van der Waals surface area contributed by atoms with E-state index >= 15 is 0 Å². The molecule has 1 N–H and O–H groups in total. The van der Waals surface area contributed by atoms with Gasteiger partial charge in [-0.05, 0) is 36.8 Å². The number of carbonyl (C=O) groups is 1. The third-order valence-electron chi connectivity index (χ3n) is 3.94. The molecular formula is C19H19FN4O2. The first kappa shape index (κ1) is 17.6. The van der Waals surface area contributed by atoms with E-state index in [4.69, 9.17) is 4.74 Å². The Morgan fingerprint density at radius 1 is 1.27 bits per heavy atom. The van der Waals surface area contributed by atoms with Gasteiger partial charge in [-0.1, -0.05) is 18.2 Å². The smallest absolute Gasteiger partial charge is 0.228 e. The highest BCUT2D eigenvalue weighted by Gasteiger charge is 2.10. The zero-order chi connectivity index (χ0) is 18.5. The van der Waals surface area contributed by atoms with Crippen LogP contribution in [0.2, 0.25) is 0 Å². The zero-order valence-corrected chi connectivity index (χ0v) is 14.6. The van der Waals surface area contributed by atoms with Crippen molar-refractivity contribution in [2.45, 2.75) is 19.9 Å². The van der Waals surface area contributed by atoms with E-state index < -0.39 is 5.82 Å². The Morgan fingerprint density at radius 3 is 2.85 bits per heavy atom. The van der Waals surface area contributed by atoms with Crippen LogP contribution in [0.25, 0.3) is 11.4 Å². The molecule has 1 aromatic heterocycles.